The fraction of sp³-hybridized carbons (Fsp3) is 1.00. The lowest BCUT2D eigenvalue weighted by Gasteiger charge is -2.40. The normalized spacial score (nSPS) is 52.6. The maximum atomic E-state index is 9.61. The Morgan fingerprint density at radius 3 is 2.00 bits per heavy atom. The van der Waals surface area contributed by atoms with Gasteiger partial charge >= 0.3 is 0 Å². The van der Waals surface area contributed by atoms with Crippen molar-refractivity contribution >= 4 is 0 Å². The molecule has 1 heterocycles. The highest BCUT2D eigenvalue weighted by molar-refractivity contribution is 4.83. The van der Waals surface area contributed by atoms with Crippen molar-refractivity contribution in [2.24, 2.45) is 11.8 Å². The lowest BCUT2D eigenvalue weighted by atomic mass is 9.82. The summed E-state index contributed by atoms with van der Waals surface area (Å²) in [7, 11) is 0. The Bertz CT molecular complexity index is 122. The van der Waals surface area contributed by atoms with Gasteiger partial charge in [0.1, 0.15) is 0 Å². The second-order valence-electron chi connectivity index (χ2n) is 3.76. The van der Waals surface area contributed by atoms with Crippen LogP contribution < -0.4 is 0 Å². The zero-order valence-electron chi connectivity index (χ0n) is 7.74. The fourth-order valence-electron chi connectivity index (χ4n) is 1.71. The highest BCUT2D eigenvalue weighted by atomic mass is 16.5. The molecule has 0 spiro atoms. The highest BCUT2D eigenvalue weighted by Gasteiger charge is 2.35. The van der Waals surface area contributed by atoms with Gasteiger partial charge in [-0.3, -0.25) is 0 Å². The third kappa shape index (κ3) is 1.57. The van der Waals surface area contributed by atoms with Crippen LogP contribution >= 0.6 is 0 Å². The van der Waals surface area contributed by atoms with E-state index in [0.717, 1.165) is 0 Å². The van der Waals surface area contributed by atoms with Gasteiger partial charge in [-0.25, -0.2) is 0 Å². The first-order valence-corrected chi connectivity index (χ1v) is 4.37. The van der Waals surface area contributed by atoms with E-state index in [2.05, 4.69) is 20.8 Å². The molecule has 0 amide bonds. The van der Waals surface area contributed by atoms with Gasteiger partial charge in [0, 0.05) is 0 Å². The molecule has 0 unspecified atom stereocenters. The molecule has 1 N–H and O–H groups in total. The van der Waals surface area contributed by atoms with Crippen molar-refractivity contribution in [3.63, 3.8) is 0 Å². The molecular formula is C9H18O2. The van der Waals surface area contributed by atoms with E-state index in [0.29, 0.717) is 11.8 Å². The quantitative estimate of drug-likeness (QED) is 0.578. The number of ether oxygens (including phenoxy) is 1. The van der Waals surface area contributed by atoms with Gasteiger partial charge in [0.2, 0.25) is 0 Å². The molecule has 0 radical (unpaired) electrons. The van der Waals surface area contributed by atoms with Crippen LogP contribution in [0.2, 0.25) is 0 Å². The van der Waals surface area contributed by atoms with Crippen LogP contribution in [0.5, 0.6) is 0 Å². The topological polar surface area (TPSA) is 29.5 Å². The third-order valence-corrected chi connectivity index (χ3v) is 3.02. The van der Waals surface area contributed by atoms with Crippen LogP contribution in [0.25, 0.3) is 0 Å². The molecule has 1 rings (SSSR count). The average molecular weight is 158 g/mol. The van der Waals surface area contributed by atoms with Crippen molar-refractivity contribution in [1.82, 2.24) is 0 Å². The first-order valence-electron chi connectivity index (χ1n) is 4.37. The summed E-state index contributed by atoms with van der Waals surface area (Å²) in [6, 6.07) is 0. The van der Waals surface area contributed by atoms with E-state index in [1.165, 1.54) is 0 Å². The van der Waals surface area contributed by atoms with Gasteiger partial charge in [0.15, 0.2) is 0 Å². The molecule has 66 valence electrons. The van der Waals surface area contributed by atoms with Crippen molar-refractivity contribution in [1.29, 1.82) is 0 Å². The van der Waals surface area contributed by atoms with E-state index >= 15 is 0 Å². The first kappa shape index (κ1) is 9.01. The molecule has 0 saturated carbocycles. The predicted molar refractivity (Wildman–Crippen MR) is 44.3 cm³/mol. The molecule has 2 heteroatoms. The van der Waals surface area contributed by atoms with E-state index in [4.69, 9.17) is 4.74 Å². The molecule has 0 aromatic heterocycles. The Hall–Kier alpha value is -0.0800. The van der Waals surface area contributed by atoms with E-state index in [-0.39, 0.29) is 18.3 Å². The Morgan fingerprint density at radius 2 is 1.45 bits per heavy atom. The first-order chi connectivity index (χ1) is 5.04. The molecule has 0 aliphatic carbocycles. The van der Waals surface area contributed by atoms with Gasteiger partial charge in [0.05, 0.1) is 18.3 Å². The van der Waals surface area contributed by atoms with Crippen LogP contribution in [-0.2, 0) is 4.74 Å². The molecule has 0 bridgehead atoms. The van der Waals surface area contributed by atoms with Gasteiger partial charge in [-0.15, -0.1) is 0 Å². The molecule has 1 aliphatic heterocycles. The summed E-state index contributed by atoms with van der Waals surface area (Å²) in [6.07, 6.45) is -0.0131. The predicted octanol–water partition coefficient (Wildman–Crippen LogP) is 1.43. The molecule has 5 atom stereocenters. The smallest absolute Gasteiger partial charge is 0.0828 e. The maximum absolute atomic E-state index is 9.61. The fourth-order valence-corrected chi connectivity index (χ4v) is 1.71. The van der Waals surface area contributed by atoms with Crippen molar-refractivity contribution in [2.45, 2.75) is 46.0 Å². The lowest BCUT2D eigenvalue weighted by molar-refractivity contribution is -0.154. The van der Waals surface area contributed by atoms with E-state index in [1.54, 1.807) is 0 Å². The second-order valence-corrected chi connectivity index (χ2v) is 3.76. The summed E-state index contributed by atoms with van der Waals surface area (Å²) in [5.74, 6) is 0.815. The molecule has 1 aliphatic rings. The van der Waals surface area contributed by atoms with Gasteiger partial charge in [-0.2, -0.15) is 0 Å². The Kier molecular flexibility index (Phi) is 2.55. The van der Waals surface area contributed by atoms with Gasteiger partial charge in [0.25, 0.3) is 0 Å². The molecule has 1 fully saturated rings. The minimum atomic E-state index is -0.291. The van der Waals surface area contributed by atoms with E-state index in [9.17, 15) is 5.11 Å². The molecule has 0 aromatic carbocycles. The zero-order valence-corrected chi connectivity index (χ0v) is 7.74. The number of hydrogen-bond donors (Lipinski definition) is 1. The summed E-state index contributed by atoms with van der Waals surface area (Å²) in [4.78, 5) is 0. The van der Waals surface area contributed by atoms with Gasteiger partial charge in [-0.1, -0.05) is 13.8 Å². The van der Waals surface area contributed by atoms with Gasteiger partial charge < -0.3 is 9.84 Å². The summed E-state index contributed by atoms with van der Waals surface area (Å²) in [5.41, 5.74) is 0. The minimum absolute atomic E-state index is 0.00352. The van der Waals surface area contributed by atoms with Crippen molar-refractivity contribution in [3.05, 3.63) is 0 Å². The zero-order chi connectivity index (χ0) is 8.59. The third-order valence-electron chi connectivity index (χ3n) is 3.02. The molecule has 11 heavy (non-hydrogen) atoms. The largest absolute Gasteiger partial charge is 0.390 e. The number of rotatable bonds is 0. The monoisotopic (exact) mass is 158 g/mol. The van der Waals surface area contributed by atoms with Crippen molar-refractivity contribution in [2.75, 3.05) is 0 Å². The molecule has 1 saturated heterocycles. The van der Waals surface area contributed by atoms with Crippen LogP contribution in [-0.4, -0.2) is 23.4 Å². The van der Waals surface area contributed by atoms with E-state index < -0.39 is 0 Å². The summed E-state index contributed by atoms with van der Waals surface area (Å²) in [5, 5.41) is 9.61. The Balaban J connectivity index is 2.63. The molecular weight excluding hydrogens is 140 g/mol. The second kappa shape index (κ2) is 3.11. The Labute approximate surface area is 68.6 Å². The SMILES string of the molecule is C[C@@H]1[C@@H](C)[C@@H](C)O[C@@H](C)[C@@H]1O. The number of aliphatic hydroxyl groups is 1. The number of hydrogen-bond acceptors (Lipinski definition) is 2. The van der Waals surface area contributed by atoms with Crippen LogP contribution in [0.1, 0.15) is 27.7 Å². The Morgan fingerprint density at radius 1 is 0.909 bits per heavy atom. The minimum Gasteiger partial charge on any atom is -0.390 e. The highest BCUT2D eigenvalue weighted by Crippen LogP contribution is 2.29. The van der Waals surface area contributed by atoms with E-state index in [1.807, 2.05) is 6.92 Å². The van der Waals surface area contributed by atoms with Crippen LogP contribution in [0.4, 0.5) is 0 Å². The van der Waals surface area contributed by atoms with Crippen molar-refractivity contribution in [3.8, 4) is 0 Å². The van der Waals surface area contributed by atoms with Crippen molar-refractivity contribution < 1.29 is 9.84 Å². The summed E-state index contributed by atoms with van der Waals surface area (Å²) >= 11 is 0. The van der Waals surface area contributed by atoms with Crippen LogP contribution in [0.15, 0.2) is 0 Å². The van der Waals surface area contributed by atoms with Crippen LogP contribution in [0, 0.1) is 11.8 Å². The average Bonchev–Trinajstić information content (AvgIpc) is 1.97. The molecule has 0 aromatic rings. The number of aliphatic hydroxyl groups excluding tert-OH is 1. The summed E-state index contributed by atoms with van der Waals surface area (Å²) < 4.78 is 5.53. The molecule has 2 nitrogen and oxygen atoms in total. The summed E-state index contributed by atoms with van der Waals surface area (Å²) in [6.45, 7) is 8.22. The standard InChI is InChI=1S/C9H18O2/c1-5-6(2)9(10)8(4)11-7(5)3/h5-10H,1-4H3/t5-,6-,7-,8+,9-/m1/s1. The maximum Gasteiger partial charge on any atom is 0.0828 e. The lowest BCUT2D eigenvalue weighted by Crippen LogP contribution is -2.46. The van der Waals surface area contributed by atoms with Gasteiger partial charge in [-0.05, 0) is 25.7 Å². The van der Waals surface area contributed by atoms with Crippen LogP contribution in [0.3, 0.4) is 0 Å².